The van der Waals surface area contributed by atoms with Gasteiger partial charge in [-0.15, -0.1) is 0 Å². The molecule has 0 spiro atoms. The molecule has 2 atom stereocenters. The van der Waals surface area contributed by atoms with E-state index in [2.05, 4.69) is 17.6 Å². The molecule has 1 aromatic carbocycles. The zero-order valence-corrected chi connectivity index (χ0v) is 12.0. The fourth-order valence-electron chi connectivity index (χ4n) is 2.62. The highest BCUT2D eigenvalue weighted by atomic mass is 16.5. The third-order valence-electron chi connectivity index (χ3n) is 3.56. The number of rotatable bonds is 6. The fraction of sp³-hybridized carbons (Fsp3) is 0.600. The van der Waals surface area contributed by atoms with Gasteiger partial charge in [0.15, 0.2) is 0 Å². The Kier molecular flexibility index (Phi) is 4.91. The van der Waals surface area contributed by atoms with Gasteiger partial charge in [-0.1, -0.05) is 0 Å². The lowest BCUT2D eigenvalue weighted by atomic mass is 10.1. The Balaban J connectivity index is 1.96. The van der Waals surface area contributed by atoms with Crippen LogP contribution in [-0.4, -0.2) is 32.8 Å². The van der Waals surface area contributed by atoms with Gasteiger partial charge < -0.3 is 20.1 Å². The Morgan fingerprint density at radius 2 is 1.95 bits per heavy atom. The minimum atomic E-state index is 0.424. The molecule has 0 aliphatic carbocycles. The van der Waals surface area contributed by atoms with E-state index >= 15 is 0 Å². The quantitative estimate of drug-likeness (QED) is 0.829. The molecule has 1 aliphatic rings. The van der Waals surface area contributed by atoms with Crippen LogP contribution in [-0.2, 0) is 0 Å². The van der Waals surface area contributed by atoms with Gasteiger partial charge >= 0.3 is 0 Å². The molecule has 0 saturated carbocycles. The number of methoxy groups -OCH3 is 2. The first-order valence-corrected chi connectivity index (χ1v) is 6.94. The van der Waals surface area contributed by atoms with Crippen molar-refractivity contribution in [3.63, 3.8) is 0 Å². The predicted molar refractivity (Wildman–Crippen MR) is 78.3 cm³/mol. The van der Waals surface area contributed by atoms with Crippen molar-refractivity contribution >= 4 is 5.69 Å². The summed E-state index contributed by atoms with van der Waals surface area (Å²) < 4.78 is 10.6. The van der Waals surface area contributed by atoms with Crippen LogP contribution in [0.1, 0.15) is 26.2 Å². The second kappa shape index (κ2) is 6.66. The average Bonchev–Trinajstić information content (AvgIpc) is 2.90. The molecule has 106 valence electrons. The zero-order valence-electron chi connectivity index (χ0n) is 12.0. The van der Waals surface area contributed by atoms with E-state index in [0.717, 1.165) is 30.2 Å². The van der Waals surface area contributed by atoms with Crippen LogP contribution >= 0.6 is 0 Å². The molecule has 4 heteroatoms. The van der Waals surface area contributed by atoms with Crippen molar-refractivity contribution in [2.24, 2.45) is 0 Å². The van der Waals surface area contributed by atoms with Gasteiger partial charge in [-0.3, -0.25) is 0 Å². The van der Waals surface area contributed by atoms with Crippen LogP contribution in [0.2, 0.25) is 0 Å². The second-order valence-electron chi connectivity index (χ2n) is 5.18. The molecule has 1 aliphatic heterocycles. The van der Waals surface area contributed by atoms with Gasteiger partial charge in [-0.25, -0.2) is 0 Å². The SMILES string of the molecule is COc1cc(NC(C)CC2CCCN2)cc(OC)c1. The lowest BCUT2D eigenvalue weighted by Gasteiger charge is -2.20. The van der Waals surface area contributed by atoms with E-state index in [9.17, 15) is 0 Å². The second-order valence-corrected chi connectivity index (χ2v) is 5.18. The summed E-state index contributed by atoms with van der Waals surface area (Å²) in [6.45, 7) is 3.37. The summed E-state index contributed by atoms with van der Waals surface area (Å²) in [5, 5.41) is 7.05. The monoisotopic (exact) mass is 264 g/mol. The number of hydrogen-bond acceptors (Lipinski definition) is 4. The lowest BCUT2D eigenvalue weighted by molar-refractivity contribution is 0.394. The van der Waals surface area contributed by atoms with E-state index in [-0.39, 0.29) is 0 Å². The number of benzene rings is 1. The molecule has 0 radical (unpaired) electrons. The molecule has 2 rings (SSSR count). The molecule has 19 heavy (non-hydrogen) atoms. The van der Waals surface area contributed by atoms with Crippen molar-refractivity contribution in [1.29, 1.82) is 0 Å². The third kappa shape index (κ3) is 4.03. The third-order valence-corrected chi connectivity index (χ3v) is 3.56. The summed E-state index contributed by atoms with van der Waals surface area (Å²) in [4.78, 5) is 0. The molecule has 1 heterocycles. The maximum absolute atomic E-state index is 5.28. The van der Waals surface area contributed by atoms with Crippen molar-refractivity contribution in [2.45, 2.75) is 38.3 Å². The average molecular weight is 264 g/mol. The highest BCUT2D eigenvalue weighted by molar-refractivity contribution is 5.54. The van der Waals surface area contributed by atoms with Crippen LogP contribution in [0.15, 0.2) is 18.2 Å². The van der Waals surface area contributed by atoms with E-state index in [1.807, 2.05) is 18.2 Å². The Labute approximate surface area is 115 Å². The standard InChI is InChI=1S/C15H24N2O2/c1-11(7-12-5-4-6-16-12)17-13-8-14(18-2)10-15(9-13)19-3/h8-12,16-17H,4-7H2,1-3H3. The van der Waals surface area contributed by atoms with Crippen molar-refractivity contribution in [3.8, 4) is 11.5 Å². The van der Waals surface area contributed by atoms with Gasteiger partial charge in [0.2, 0.25) is 0 Å². The normalized spacial score (nSPS) is 20.1. The van der Waals surface area contributed by atoms with E-state index in [4.69, 9.17) is 9.47 Å². The van der Waals surface area contributed by atoms with Crippen LogP contribution in [0.5, 0.6) is 11.5 Å². The molecule has 1 saturated heterocycles. The lowest BCUT2D eigenvalue weighted by Crippen LogP contribution is -2.29. The van der Waals surface area contributed by atoms with Gasteiger partial charge in [-0.2, -0.15) is 0 Å². The molecule has 0 aromatic heterocycles. The number of ether oxygens (including phenoxy) is 2. The summed E-state index contributed by atoms with van der Waals surface area (Å²) in [5.41, 5.74) is 1.04. The van der Waals surface area contributed by atoms with Crippen LogP contribution < -0.4 is 20.1 Å². The Hall–Kier alpha value is -1.42. The van der Waals surface area contributed by atoms with E-state index in [1.54, 1.807) is 14.2 Å². The predicted octanol–water partition coefficient (Wildman–Crippen LogP) is 2.65. The van der Waals surface area contributed by atoms with E-state index < -0.39 is 0 Å². The molecule has 0 amide bonds. The molecule has 1 aromatic rings. The first-order chi connectivity index (χ1) is 9.21. The molecule has 1 fully saturated rings. The van der Waals surface area contributed by atoms with Gasteiger partial charge in [0.25, 0.3) is 0 Å². The van der Waals surface area contributed by atoms with Crippen molar-refractivity contribution in [3.05, 3.63) is 18.2 Å². The Morgan fingerprint density at radius 1 is 1.26 bits per heavy atom. The highest BCUT2D eigenvalue weighted by Crippen LogP contribution is 2.26. The van der Waals surface area contributed by atoms with E-state index in [1.165, 1.54) is 12.8 Å². The van der Waals surface area contributed by atoms with Gasteiger partial charge in [0, 0.05) is 36.0 Å². The molecule has 2 N–H and O–H groups in total. The fourth-order valence-corrected chi connectivity index (χ4v) is 2.62. The van der Waals surface area contributed by atoms with Gasteiger partial charge in [0.1, 0.15) is 11.5 Å². The first kappa shape index (κ1) is 14.0. The molecular weight excluding hydrogens is 240 g/mol. The zero-order chi connectivity index (χ0) is 13.7. The van der Waals surface area contributed by atoms with Crippen LogP contribution in [0.4, 0.5) is 5.69 Å². The molecule has 0 bridgehead atoms. The maximum Gasteiger partial charge on any atom is 0.124 e. The maximum atomic E-state index is 5.28. The minimum absolute atomic E-state index is 0.424. The molecule has 4 nitrogen and oxygen atoms in total. The van der Waals surface area contributed by atoms with Crippen LogP contribution in [0.3, 0.4) is 0 Å². The highest BCUT2D eigenvalue weighted by Gasteiger charge is 2.17. The summed E-state index contributed by atoms with van der Waals surface area (Å²) in [6.07, 6.45) is 3.72. The Morgan fingerprint density at radius 3 is 2.47 bits per heavy atom. The largest absolute Gasteiger partial charge is 0.497 e. The van der Waals surface area contributed by atoms with Gasteiger partial charge in [0.05, 0.1) is 14.2 Å². The summed E-state index contributed by atoms with van der Waals surface area (Å²) in [6, 6.07) is 6.96. The van der Waals surface area contributed by atoms with Crippen molar-refractivity contribution in [2.75, 3.05) is 26.1 Å². The number of nitrogens with one attached hydrogen (secondary N) is 2. The number of anilines is 1. The first-order valence-electron chi connectivity index (χ1n) is 6.94. The summed E-state index contributed by atoms with van der Waals surface area (Å²) in [5.74, 6) is 1.63. The summed E-state index contributed by atoms with van der Waals surface area (Å²) >= 11 is 0. The van der Waals surface area contributed by atoms with Gasteiger partial charge in [-0.05, 0) is 32.7 Å². The van der Waals surface area contributed by atoms with Crippen LogP contribution in [0.25, 0.3) is 0 Å². The van der Waals surface area contributed by atoms with Crippen molar-refractivity contribution < 1.29 is 9.47 Å². The smallest absolute Gasteiger partial charge is 0.124 e. The Bertz CT molecular complexity index is 381. The van der Waals surface area contributed by atoms with Crippen molar-refractivity contribution in [1.82, 2.24) is 5.32 Å². The topological polar surface area (TPSA) is 42.5 Å². The van der Waals surface area contributed by atoms with E-state index in [0.29, 0.717) is 12.1 Å². The minimum Gasteiger partial charge on any atom is -0.497 e. The molecule has 2 unspecified atom stereocenters. The summed E-state index contributed by atoms with van der Waals surface area (Å²) in [7, 11) is 3.34. The molecular formula is C15H24N2O2. The van der Waals surface area contributed by atoms with Crippen LogP contribution in [0, 0.1) is 0 Å². The number of hydrogen-bond donors (Lipinski definition) is 2.